The van der Waals surface area contributed by atoms with Crippen LogP contribution in [0, 0.1) is 11.8 Å². The minimum Gasteiger partial charge on any atom is -0.480 e. The minimum atomic E-state index is -1.04. The van der Waals surface area contributed by atoms with Gasteiger partial charge in [-0.15, -0.1) is 0 Å². The summed E-state index contributed by atoms with van der Waals surface area (Å²) in [5.41, 5.74) is 5.08. The van der Waals surface area contributed by atoms with Crippen molar-refractivity contribution < 1.29 is 34.1 Å². The molecule has 0 fully saturated rings. The lowest BCUT2D eigenvalue weighted by Gasteiger charge is -2.24. The fourth-order valence-electron chi connectivity index (χ4n) is 2.36. The number of rotatable bonds is 10. The number of ether oxygens (including phenoxy) is 2. The Bertz CT molecular complexity index is 518. The molecule has 0 bridgehead atoms. The van der Waals surface area contributed by atoms with E-state index in [4.69, 9.17) is 20.3 Å². The molecule has 0 heterocycles. The van der Waals surface area contributed by atoms with Crippen LogP contribution in [0.25, 0.3) is 0 Å². The normalized spacial score (nSPS) is 15.2. The Morgan fingerprint density at radius 3 is 2.00 bits per heavy atom. The molecule has 0 aromatic rings. The van der Waals surface area contributed by atoms with Gasteiger partial charge in [0.15, 0.2) is 0 Å². The molecular weight excluding hydrogens is 392 g/mol. The second kappa shape index (κ2) is 15.0. The van der Waals surface area contributed by atoms with Gasteiger partial charge in [0.1, 0.15) is 11.6 Å². The Morgan fingerprint density at radius 2 is 1.63 bits per heavy atom. The van der Waals surface area contributed by atoms with Crippen LogP contribution >= 0.6 is 0 Å². The predicted octanol–water partition coefficient (Wildman–Crippen LogP) is 2.68. The Balaban J connectivity index is 0. The molecule has 0 aliphatic rings. The molecule has 0 aliphatic heterocycles. The molecule has 0 saturated heterocycles. The summed E-state index contributed by atoms with van der Waals surface area (Å²) < 4.78 is 9.71. The van der Waals surface area contributed by atoms with Gasteiger partial charge in [0.05, 0.1) is 19.1 Å². The van der Waals surface area contributed by atoms with Crippen molar-refractivity contribution in [3.8, 4) is 0 Å². The van der Waals surface area contributed by atoms with Crippen LogP contribution < -0.4 is 11.1 Å². The van der Waals surface area contributed by atoms with E-state index in [0.29, 0.717) is 25.4 Å². The van der Waals surface area contributed by atoms with Crippen molar-refractivity contribution in [2.24, 2.45) is 17.6 Å². The summed E-state index contributed by atoms with van der Waals surface area (Å²) in [5.74, 6) is -1.15. The van der Waals surface area contributed by atoms with E-state index in [0.717, 1.165) is 0 Å². The molecule has 0 aliphatic carbocycles. The summed E-state index contributed by atoms with van der Waals surface area (Å²) in [6.07, 6.45) is -0.119. The molecule has 30 heavy (non-hydrogen) atoms. The topological polar surface area (TPSA) is 148 Å². The zero-order valence-corrected chi connectivity index (χ0v) is 19.7. The quantitative estimate of drug-likeness (QED) is 0.384. The molecule has 0 aromatic heterocycles. The van der Waals surface area contributed by atoms with Crippen LogP contribution in [0.1, 0.15) is 74.7 Å². The standard InChI is InChI=1S/C11H21NO4.C10H21NO3/c1-6-7(2)8(9(13)14)12-10(15)16-11(3,4)5;1-4-14-10(13)6-9(12)8(11)5-7(2)3/h7-8H,6H2,1-5H3,(H,12,15)(H,13,14);7-9,12H,4-6,11H2,1-3H3/t7-,8-;8-,9-/m00/s1. The van der Waals surface area contributed by atoms with E-state index in [1.165, 1.54) is 0 Å². The molecule has 0 aromatic carbocycles. The number of esters is 1. The van der Waals surface area contributed by atoms with E-state index < -0.39 is 29.8 Å². The van der Waals surface area contributed by atoms with Gasteiger partial charge in [-0.25, -0.2) is 9.59 Å². The molecule has 1 amide bonds. The third kappa shape index (κ3) is 16.0. The number of alkyl carbamates (subject to hydrolysis) is 1. The van der Waals surface area contributed by atoms with Gasteiger partial charge in [0, 0.05) is 6.04 Å². The van der Waals surface area contributed by atoms with Gasteiger partial charge >= 0.3 is 18.0 Å². The number of hydrogen-bond acceptors (Lipinski definition) is 7. The maximum Gasteiger partial charge on any atom is 0.408 e. The Labute approximate surface area is 180 Å². The molecular formula is C21H42N2O7. The highest BCUT2D eigenvalue weighted by molar-refractivity contribution is 5.80. The average molecular weight is 435 g/mol. The molecule has 0 saturated carbocycles. The van der Waals surface area contributed by atoms with E-state index in [2.05, 4.69) is 5.32 Å². The highest BCUT2D eigenvalue weighted by Gasteiger charge is 2.27. The third-order valence-corrected chi connectivity index (χ3v) is 4.07. The van der Waals surface area contributed by atoms with Gasteiger partial charge in [-0.2, -0.15) is 0 Å². The molecule has 9 heteroatoms. The van der Waals surface area contributed by atoms with Gasteiger partial charge in [-0.05, 0) is 46.0 Å². The predicted molar refractivity (Wildman–Crippen MR) is 115 cm³/mol. The maximum absolute atomic E-state index is 11.4. The summed E-state index contributed by atoms with van der Waals surface area (Å²) >= 11 is 0. The van der Waals surface area contributed by atoms with Crippen LogP contribution in [0.5, 0.6) is 0 Å². The van der Waals surface area contributed by atoms with Gasteiger partial charge in [0.25, 0.3) is 0 Å². The van der Waals surface area contributed by atoms with E-state index in [9.17, 15) is 19.5 Å². The first-order valence-corrected chi connectivity index (χ1v) is 10.5. The van der Waals surface area contributed by atoms with Gasteiger partial charge in [0.2, 0.25) is 0 Å². The van der Waals surface area contributed by atoms with Crippen molar-refractivity contribution in [2.45, 2.75) is 98.4 Å². The number of carboxylic acid groups (broad SMARTS) is 1. The zero-order chi connectivity index (χ0) is 24.1. The van der Waals surface area contributed by atoms with Crippen LogP contribution in [0.15, 0.2) is 0 Å². The largest absolute Gasteiger partial charge is 0.480 e. The van der Waals surface area contributed by atoms with Crippen LogP contribution in [-0.4, -0.2) is 58.6 Å². The Kier molecular flexibility index (Phi) is 15.2. The fraction of sp³-hybridized carbons (Fsp3) is 0.857. The first-order chi connectivity index (χ1) is 13.6. The molecule has 178 valence electrons. The number of carbonyl (C=O) groups is 3. The summed E-state index contributed by atoms with van der Waals surface area (Å²) in [6.45, 7) is 15.0. The molecule has 0 spiro atoms. The number of amides is 1. The molecule has 4 atom stereocenters. The zero-order valence-electron chi connectivity index (χ0n) is 19.7. The van der Waals surface area contributed by atoms with Gasteiger partial charge in [-0.1, -0.05) is 34.1 Å². The summed E-state index contributed by atoms with van der Waals surface area (Å²) in [6, 6.07) is -1.25. The fourth-order valence-corrected chi connectivity index (χ4v) is 2.36. The lowest BCUT2D eigenvalue weighted by Crippen LogP contribution is -2.46. The first kappa shape index (κ1) is 30.3. The van der Waals surface area contributed by atoms with E-state index in [1.807, 2.05) is 20.8 Å². The van der Waals surface area contributed by atoms with Crippen molar-refractivity contribution in [2.75, 3.05) is 6.61 Å². The number of nitrogens with two attached hydrogens (primary N) is 1. The number of hydrogen-bond donors (Lipinski definition) is 4. The van der Waals surface area contributed by atoms with E-state index in [1.54, 1.807) is 34.6 Å². The number of carboxylic acids is 1. The number of carbonyl (C=O) groups excluding carboxylic acids is 2. The number of aliphatic carboxylic acids is 1. The van der Waals surface area contributed by atoms with Crippen molar-refractivity contribution in [3.63, 3.8) is 0 Å². The van der Waals surface area contributed by atoms with Crippen LogP contribution in [-0.2, 0) is 19.1 Å². The third-order valence-electron chi connectivity index (χ3n) is 4.07. The monoisotopic (exact) mass is 434 g/mol. The Hall–Kier alpha value is -1.87. The first-order valence-electron chi connectivity index (χ1n) is 10.5. The van der Waals surface area contributed by atoms with Crippen LogP contribution in [0.3, 0.4) is 0 Å². The van der Waals surface area contributed by atoms with E-state index in [-0.39, 0.29) is 24.3 Å². The second-order valence-electron chi connectivity index (χ2n) is 8.72. The molecule has 0 unspecified atom stereocenters. The molecule has 9 nitrogen and oxygen atoms in total. The number of nitrogens with one attached hydrogen (secondary N) is 1. The summed E-state index contributed by atoms with van der Waals surface area (Å²) in [7, 11) is 0. The van der Waals surface area contributed by atoms with Crippen molar-refractivity contribution in [1.82, 2.24) is 5.32 Å². The van der Waals surface area contributed by atoms with Gasteiger partial charge in [-0.3, -0.25) is 4.79 Å². The minimum absolute atomic E-state index is 0.0122. The van der Waals surface area contributed by atoms with Crippen LogP contribution in [0.4, 0.5) is 4.79 Å². The summed E-state index contributed by atoms with van der Waals surface area (Å²) in [4.78, 5) is 33.3. The van der Waals surface area contributed by atoms with Crippen LogP contribution in [0.2, 0.25) is 0 Å². The maximum atomic E-state index is 11.4. The lowest BCUT2D eigenvalue weighted by atomic mass is 9.98. The van der Waals surface area contributed by atoms with Crippen molar-refractivity contribution in [1.29, 1.82) is 0 Å². The SMILES string of the molecule is CCOC(=O)C[C@H](O)[C@@H](N)CC(C)C.CC[C@H](C)[C@H](NC(=O)OC(C)(C)C)C(=O)O. The van der Waals surface area contributed by atoms with Crippen molar-refractivity contribution in [3.05, 3.63) is 0 Å². The molecule has 5 N–H and O–H groups in total. The highest BCUT2D eigenvalue weighted by atomic mass is 16.6. The van der Waals surface area contributed by atoms with E-state index >= 15 is 0 Å². The highest BCUT2D eigenvalue weighted by Crippen LogP contribution is 2.11. The second-order valence-corrected chi connectivity index (χ2v) is 8.72. The molecule has 0 radical (unpaired) electrons. The van der Waals surface area contributed by atoms with Crippen molar-refractivity contribution >= 4 is 18.0 Å². The number of aliphatic hydroxyl groups excluding tert-OH is 1. The Morgan fingerprint density at radius 1 is 1.10 bits per heavy atom. The average Bonchev–Trinajstić information content (AvgIpc) is 2.57. The number of aliphatic hydroxyl groups is 1. The summed E-state index contributed by atoms with van der Waals surface area (Å²) in [5, 5.41) is 20.9. The molecule has 0 rings (SSSR count). The lowest BCUT2D eigenvalue weighted by molar-refractivity contribution is -0.145. The smallest absolute Gasteiger partial charge is 0.408 e. The van der Waals surface area contributed by atoms with Gasteiger partial charge < -0.3 is 30.7 Å².